The Morgan fingerprint density at radius 2 is 1.19 bits per heavy atom. The molecule has 0 saturated heterocycles. The molecule has 0 heterocycles. The van der Waals surface area contributed by atoms with Gasteiger partial charge in [-0.15, -0.1) is 0 Å². The number of carbonyl (C=O) groups is 1. The summed E-state index contributed by atoms with van der Waals surface area (Å²) in [5.74, 6) is -0.0809. The molecule has 0 aliphatic heterocycles. The van der Waals surface area contributed by atoms with Crippen LogP contribution < -0.4 is 0 Å². The number of unbranched alkanes of at least 4 members (excludes halogenated alkanes) is 2. The summed E-state index contributed by atoms with van der Waals surface area (Å²) in [5, 5.41) is 0. The lowest BCUT2D eigenvalue weighted by Gasteiger charge is -2.04. The Bertz CT molecular complexity index is 510. The summed E-state index contributed by atoms with van der Waals surface area (Å²) in [6.45, 7) is 13.2. The molecular formula is C24H40O2. The van der Waals surface area contributed by atoms with E-state index in [-0.39, 0.29) is 5.97 Å². The van der Waals surface area contributed by atoms with Crippen LogP contribution in [0.15, 0.2) is 46.6 Å². The second-order valence-corrected chi connectivity index (χ2v) is 7.67. The Kier molecular flexibility index (Phi) is 14.7. The minimum Gasteiger partial charge on any atom is -0.461 e. The van der Waals surface area contributed by atoms with Gasteiger partial charge in [-0.3, -0.25) is 4.79 Å². The van der Waals surface area contributed by atoms with Crippen LogP contribution in [0.1, 0.15) is 92.9 Å². The third-order valence-corrected chi connectivity index (χ3v) is 4.19. The van der Waals surface area contributed by atoms with Gasteiger partial charge in [-0.25, -0.2) is 0 Å². The number of hydrogen-bond donors (Lipinski definition) is 0. The molecule has 0 fully saturated rings. The summed E-state index contributed by atoms with van der Waals surface area (Å²) in [6.07, 6.45) is 16.7. The number of hydrogen-bond acceptors (Lipinski definition) is 2. The van der Waals surface area contributed by atoms with Gasteiger partial charge in [0.15, 0.2) is 0 Å². The molecule has 0 aromatic rings. The Labute approximate surface area is 162 Å². The largest absolute Gasteiger partial charge is 0.461 e. The zero-order valence-corrected chi connectivity index (χ0v) is 18.0. The first-order valence-electron chi connectivity index (χ1n) is 10.0. The van der Waals surface area contributed by atoms with Gasteiger partial charge in [0, 0.05) is 6.42 Å². The zero-order valence-electron chi connectivity index (χ0n) is 18.0. The first-order valence-corrected chi connectivity index (χ1v) is 10.0. The van der Waals surface area contributed by atoms with Crippen molar-refractivity contribution in [3.8, 4) is 0 Å². The van der Waals surface area contributed by atoms with Crippen LogP contribution in [0.3, 0.4) is 0 Å². The maximum Gasteiger partial charge on any atom is 0.306 e. The predicted octanol–water partition coefficient (Wildman–Crippen LogP) is 7.48. The maximum absolute atomic E-state index is 11.7. The van der Waals surface area contributed by atoms with Gasteiger partial charge in [0.05, 0.1) is 0 Å². The van der Waals surface area contributed by atoms with E-state index in [4.69, 9.17) is 4.74 Å². The highest BCUT2D eigenvalue weighted by Gasteiger charge is 2.01. The molecule has 0 atom stereocenters. The quantitative estimate of drug-likeness (QED) is 0.193. The molecule has 0 unspecified atom stereocenters. The molecule has 0 aromatic carbocycles. The first-order chi connectivity index (χ1) is 12.3. The fourth-order valence-electron chi connectivity index (χ4n) is 2.49. The van der Waals surface area contributed by atoms with E-state index in [1.165, 1.54) is 22.3 Å². The van der Waals surface area contributed by atoms with Crippen molar-refractivity contribution < 1.29 is 9.53 Å². The van der Waals surface area contributed by atoms with Crippen LogP contribution >= 0.6 is 0 Å². The number of ether oxygens (including phenoxy) is 1. The van der Waals surface area contributed by atoms with Gasteiger partial charge in [-0.1, -0.05) is 40.5 Å². The molecule has 0 amide bonds. The van der Waals surface area contributed by atoms with Gasteiger partial charge in [0.1, 0.15) is 6.61 Å². The molecule has 26 heavy (non-hydrogen) atoms. The molecule has 0 spiro atoms. The van der Waals surface area contributed by atoms with Crippen LogP contribution in [0.25, 0.3) is 0 Å². The van der Waals surface area contributed by atoms with E-state index in [9.17, 15) is 4.79 Å². The third-order valence-electron chi connectivity index (χ3n) is 4.19. The van der Waals surface area contributed by atoms with E-state index < -0.39 is 0 Å². The van der Waals surface area contributed by atoms with Gasteiger partial charge in [-0.05, 0) is 92.6 Å². The highest BCUT2D eigenvalue weighted by molar-refractivity contribution is 5.69. The lowest BCUT2D eigenvalue weighted by molar-refractivity contribution is -0.142. The molecule has 2 heteroatoms. The van der Waals surface area contributed by atoms with Crippen molar-refractivity contribution >= 4 is 5.97 Å². The van der Waals surface area contributed by atoms with E-state index in [1.54, 1.807) is 0 Å². The van der Waals surface area contributed by atoms with Crippen LogP contribution in [-0.2, 0) is 9.53 Å². The maximum atomic E-state index is 11.7. The SMILES string of the molecule is CC(C)=CCCC(C)=CCCCCC(=O)OCC=C(C)CCC=C(C)C. The summed E-state index contributed by atoms with van der Waals surface area (Å²) in [6, 6.07) is 0. The fourth-order valence-corrected chi connectivity index (χ4v) is 2.49. The van der Waals surface area contributed by atoms with E-state index >= 15 is 0 Å². The van der Waals surface area contributed by atoms with E-state index in [1.807, 2.05) is 6.08 Å². The second-order valence-electron chi connectivity index (χ2n) is 7.67. The van der Waals surface area contributed by atoms with Crippen LogP contribution in [0.4, 0.5) is 0 Å². The summed E-state index contributed by atoms with van der Waals surface area (Å²) < 4.78 is 5.29. The smallest absolute Gasteiger partial charge is 0.306 e. The Morgan fingerprint density at radius 3 is 1.73 bits per heavy atom. The molecule has 0 rings (SSSR count). The molecule has 0 bridgehead atoms. The normalized spacial score (nSPS) is 11.9. The number of rotatable bonds is 13. The minimum absolute atomic E-state index is 0.0809. The zero-order chi connectivity index (χ0) is 19.8. The molecule has 148 valence electrons. The van der Waals surface area contributed by atoms with Crippen LogP contribution in [-0.4, -0.2) is 12.6 Å². The minimum atomic E-state index is -0.0809. The number of carbonyl (C=O) groups excluding carboxylic acids is 1. The molecule has 0 radical (unpaired) electrons. The Balaban J connectivity index is 3.77. The van der Waals surface area contributed by atoms with Crippen molar-refractivity contribution in [1.82, 2.24) is 0 Å². The standard InChI is InChI=1S/C24H40O2/c1-20(2)12-10-15-22(5)14-8-7-9-17-24(25)26-19-18-23(6)16-11-13-21(3)4/h12-14,18H,7-11,15-17,19H2,1-6H3. The van der Waals surface area contributed by atoms with E-state index in [2.05, 4.69) is 59.8 Å². The van der Waals surface area contributed by atoms with Gasteiger partial charge >= 0.3 is 5.97 Å². The van der Waals surface area contributed by atoms with Crippen molar-refractivity contribution in [3.63, 3.8) is 0 Å². The molecule has 0 aliphatic rings. The molecule has 0 saturated carbocycles. The molecular weight excluding hydrogens is 320 g/mol. The van der Waals surface area contributed by atoms with E-state index in [0.29, 0.717) is 13.0 Å². The average Bonchev–Trinajstić information content (AvgIpc) is 2.53. The lowest BCUT2D eigenvalue weighted by Crippen LogP contribution is -2.04. The van der Waals surface area contributed by atoms with Crippen LogP contribution in [0, 0.1) is 0 Å². The molecule has 0 aromatic heterocycles. The van der Waals surface area contributed by atoms with Crippen molar-refractivity contribution in [2.45, 2.75) is 92.9 Å². The van der Waals surface area contributed by atoms with E-state index in [0.717, 1.165) is 44.9 Å². The summed E-state index contributed by atoms with van der Waals surface area (Å²) in [5.41, 5.74) is 5.46. The highest BCUT2D eigenvalue weighted by Crippen LogP contribution is 2.10. The lowest BCUT2D eigenvalue weighted by atomic mass is 10.1. The Hall–Kier alpha value is -1.57. The monoisotopic (exact) mass is 360 g/mol. The van der Waals surface area contributed by atoms with Crippen LogP contribution in [0.5, 0.6) is 0 Å². The van der Waals surface area contributed by atoms with Crippen molar-refractivity contribution in [2.75, 3.05) is 6.61 Å². The highest BCUT2D eigenvalue weighted by atomic mass is 16.5. The Morgan fingerprint density at radius 1 is 0.654 bits per heavy atom. The average molecular weight is 361 g/mol. The van der Waals surface area contributed by atoms with Crippen molar-refractivity contribution in [2.24, 2.45) is 0 Å². The topological polar surface area (TPSA) is 26.3 Å². The van der Waals surface area contributed by atoms with Crippen molar-refractivity contribution in [1.29, 1.82) is 0 Å². The second kappa shape index (κ2) is 15.7. The number of allylic oxidation sites excluding steroid dienone is 7. The van der Waals surface area contributed by atoms with Gasteiger partial charge in [0.25, 0.3) is 0 Å². The first kappa shape index (κ1) is 24.4. The molecule has 2 nitrogen and oxygen atoms in total. The predicted molar refractivity (Wildman–Crippen MR) is 114 cm³/mol. The van der Waals surface area contributed by atoms with Crippen molar-refractivity contribution in [3.05, 3.63) is 46.6 Å². The van der Waals surface area contributed by atoms with Gasteiger partial charge in [-0.2, -0.15) is 0 Å². The molecule has 0 aliphatic carbocycles. The summed E-state index contributed by atoms with van der Waals surface area (Å²) in [4.78, 5) is 11.7. The number of esters is 1. The third kappa shape index (κ3) is 17.3. The van der Waals surface area contributed by atoms with Gasteiger partial charge < -0.3 is 4.74 Å². The fraction of sp³-hybridized carbons (Fsp3) is 0.625. The van der Waals surface area contributed by atoms with Gasteiger partial charge in [0.2, 0.25) is 0 Å². The van der Waals surface area contributed by atoms with Crippen LogP contribution in [0.2, 0.25) is 0 Å². The summed E-state index contributed by atoms with van der Waals surface area (Å²) in [7, 11) is 0. The summed E-state index contributed by atoms with van der Waals surface area (Å²) >= 11 is 0. The molecule has 0 N–H and O–H groups in total.